The molecule has 0 radical (unpaired) electrons. The largest absolute Gasteiger partial charge is 0.489 e. The zero-order valence-electron chi connectivity index (χ0n) is 13.2. The van der Waals surface area contributed by atoms with E-state index in [1.54, 1.807) is 0 Å². The van der Waals surface area contributed by atoms with Gasteiger partial charge in [0.2, 0.25) is 6.79 Å². The number of fused-ring (bicyclic) bond motifs is 1. The van der Waals surface area contributed by atoms with Gasteiger partial charge in [0.1, 0.15) is 12.4 Å². The molecule has 3 rings (SSSR count). The minimum Gasteiger partial charge on any atom is -0.489 e. The average molecular weight is 336 g/mol. The molecule has 2 aromatic carbocycles. The number of ether oxygens (including phenoxy) is 3. The van der Waals surface area contributed by atoms with E-state index in [-0.39, 0.29) is 12.4 Å². The molecular weight excluding hydrogens is 314 g/mol. The number of halogens is 1. The Morgan fingerprint density at radius 1 is 1.00 bits per heavy atom. The summed E-state index contributed by atoms with van der Waals surface area (Å²) in [6, 6.07) is 14.1. The first-order valence-electron chi connectivity index (χ1n) is 7.66. The fourth-order valence-electron chi connectivity index (χ4n) is 2.31. The lowest BCUT2D eigenvalue weighted by Crippen LogP contribution is -2.13. The van der Waals surface area contributed by atoms with Crippen LogP contribution < -0.4 is 19.5 Å². The van der Waals surface area contributed by atoms with Gasteiger partial charge in [-0.15, -0.1) is 12.4 Å². The first-order chi connectivity index (χ1) is 10.8. The molecule has 0 unspecified atom stereocenters. The van der Waals surface area contributed by atoms with Crippen LogP contribution >= 0.6 is 12.4 Å². The highest BCUT2D eigenvalue weighted by Crippen LogP contribution is 2.32. The molecule has 1 aliphatic heterocycles. The number of rotatable bonds is 7. The Bertz CT molecular complexity index is 616. The van der Waals surface area contributed by atoms with Gasteiger partial charge in [-0.25, -0.2) is 0 Å². The minimum atomic E-state index is 0. The standard InChI is InChI=1S/C18H21NO3.ClH/c1-2-9-19-11-14-3-6-16(7-4-14)20-12-15-5-8-17-18(10-15)22-13-21-17;/h3-8,10,19H,2,9,11-13H2,1H3;1H. The van der Waals surface area contributed by atoms with Crippen LogP contribution in [0, 0.1) is 0 Å². The van der Waals surface area contributed by atoms with Crippen LogP contribution in [0.5, 0.6) is 17.2 Å². The molecule has 1 aliphatic rings. The third-order valence-corrected chi connectivity index (χ3v) is 3.52. The molecule has 1 N–H and O–H groups in total. The Hall–Kier alpha value is -1.91. The highest BCUT2D eigenvalue weighted by atomic mass is 35.5. The summed E-state index contributed by atoms with van der Waals surface area (Å²) in [5.74, 6) is 2.46. The molecule has 0 aliphatic carbocycles. The SMILES string of the molecule is CCCNCc1ccc(OCc2ccc3c(c2)OCO3)cc1.Cl. The second-order valence-electron chi connectivity index (χ2n) is 5.30. The zero-order valence-corrected chi connectivity index (χ0v) is 14.0. The van der Waals surface area contributed by atoms with Crippen molar-refractivity contribution in [3.63, 3.8) is 0 Å². The van der Waals surface area contributed by atoms with Gasteiger partial charge in [0, 0.05) is 6.54 Å². The monoisotopic (exact) mass is 335 g/mol. The van der Waals surface area contributed by atoms with Crippen molar-refractivity contribution in [3.8, 4) is 17.2 Å². The molecule has 124 valence electrons. The predicted octanol–water partition coefficient (Wildman–Crippen LogP) is 3.92. The van der Waals surface area contributed by atoms with Crippen molar-refractivity contribution in [2.75, 3.05) is 13.3 Å². The van der Waals surface area contributed by atoms with E-state index >= 15 is 0 Å². The van der Waals surface area contributed by atoms with Crippen molar-refractivity contribution >= 4 is 12.4 Å². The molecule has 2 aromatic rings. The van der Waals surface area contributed by atoms with Crippen molar-refractivity contribution in [3.05, 3.63) is 53.6 Å². The van der Waals surface area contributed by atoms with Gasteiger partial charge in [0.05, 0.1) is 0 Å². The lowest BCUT2D eigenvalue weighted by Gasteiger charge is -2.08. The molecule has 0 fully saturated rings. The molecule has 1 heterocycles. The van der Waals surface area contributed by atoms with Gasteiger partial charge in [-0.2, -0.15) is 0 Å². The third kappa shape index (κ3) is 4.78. The van der Waals surface area contributed by atoms with E-state index < -0.39 is 0 Å². The van der Waals surface area contributed by atoms with Crippen LogP contribution in [0.1, 0.15) is 24.5 Å². The molecule has 0 saturated carbocycles. The molecular formula is C18H22ClNO3. The number of nitrogens with one attached hydrogen (secondary N) is 1. The molecule has 0 bridgehead atoms. The number of hydrogen-bond donors (Lipinski definition) is 1. The van der Waals surface area contributed by atoms with Crippen LogP contribution in [0.25, 0.3) is 0 Å². The molecule has 0 spiro atoms. The maximum absolute atomic E-state index is 5.82. The summed E-state index contributed by atoms with van der Waals surface area (Å²) in [4.78, 5) is 0. The van der Waals surface area contributed by atoms with Crippen LogP contribution in [-0.2, 0) is 13.2 Å². The van der Waals surface area contributed by atoms with Crippen molar-refractivity contribution < 1.29 is 14.2 Å². The van der Waals surface area contributed by atoms with E-state index in [1.807, 2.05) is 30.3 Å². The Labute approximate surface area is 143 Å². The van der Waals surface area contributed by atoms with Gasteiger partial charge in [0.25, 0.3) is 0 Å². The molecule has 0 amide bonds. The normalized spacial score (nSPS) is 11.9. The van der Waals surface area contributed by atoms with E-state index in [2.05, 4.69) is 24.4 Å². The Morgan fingerprint density at radius 2 is 1.74 bits per heavy atom. The molecule has 23 heavy (non-hydrogen) atoms. The van der Waals surface area contributed by atoms with Gasteiger partial charge >= 0.3 is 0 Å². The van der Waals surface area contributed by atoms with Gasteiger partial charge in [-0.1, -0.05) is 25.1 Å². The number of hydrogen-bond acceptors (Lipinski definition) is 4. The summed E-state index contributed by atoms with van der Waals surface area (Å²) in [6.07, 6.45) is 1.15. The fourth-order valence-corrected chi connectivity index (χ4v) is 2.31. The Balaban J connectivity index is 0.00000192. The van der Waals surface area contributed by atoms with Gasteiger partial charge in [-0.3, -0.25) is 0 Å². The molecule has 0 atom stereocenters. The van der Waals surface area contributed by atoms with Crippen LogP contribution in [0.15, 0.2) is 42.5 Å². The van der Waals surface area contributed by atoms with Crippen molar-refractivity contribution in [1.82, 2.24) is 5.32 Å². The fraction of sp³-hybridized carbons (Fsp3) is 0.333. The summed E-state index contributed by atoms with van der Waals surface area (Å²) in [6.45, 7) is 4.93. The minimum absolute atomic E-state index is 0. The third-order valence-electron chi connectivity index (χ3n) is 3.52. The lowest BCUT2D eigenvalue weighted by atomic mass is 10.2. The van der Waals surface area contributed by atoms with E-state index in [9.17, 15) is 0 Å². The predicted molar refractivity (Wildman–Crippen MR) is 92.6 cm³/mol. The highest BCUT2D eigenvalue weighted by Gasteiger charge is 2.13. The lowest BCUT2D eigenvalue weighted by molar-refractivity contribution is 0.174. The molecule has 0 saturated heterocycles. The maximum atomic E-state index is 5.82. The van der Waals surface area contributed by atoms with Crippen molar-refractivity contribution in [1.29, 1.82) is 0 Å². The first-order valence-corrected chi connectivity index (χ1v) is 7.66. The summed E-state index contributed by atoms with van der Waals surface area (Å²) in [5, 5.41) is 3.39. The smallest absolute Gasteiger partial charge is 0.231 e. The van der Waals surface area contributed by atoms with Gasteiger partial charge in [-0.05, 0) is 48.4 Å². The summed E-state index contributed by atoms with van der Waals surface area (Å²) in [7, 11) is 0. The van der Waals surface area contributed by atoms with Gasteiger partial charge < -0.3 is 19.5 Å². The Kier molecular flexibility index (Phi) is 6.56. The summed E-state index contributed by atoms with van der Waals surface area (Å²) >= 11 is 0. The number of benzene rings is 2. The summed E-state index contributed by atoms with van der Waals surface area (Å²) < 4.78 is 16.5. The van der Waals surface area contributed by atoms with Crippen LogP contribution in [-0.4, -0.2) is 13.3 Å². The van der Waals surface area contributed by atoms with Crippen molar-refractivity contribution in [2.45, 2.75) is 26.5 Å². The highest BCUT2D eigenvalue weighted by molar-refractivity contribution is 5.85. The summed E-state index contributed by atoms with van der Waals surface area (Å²) in [5.41, 5.74) is 2.34. The topological polar surface area (TPSA) is 39.7 Å². The van der Waals surface area contributed by atoms with E-state index in [4.69, 9.17) is 14.2 Å². The van der Waals surface area contributed by atoms with E-state index in [0.29, 0.717) is 13.4 Å². The molecule has 4 nitrogen and oxygen atoms in total. The Morgan fingerprint density at radius 3 is 2.52 bits per heavy atom. The van der Waals surface area contributed by atoms with E-state index in [0.717, 1.165) is 42.3 Å². The van der Waals surface area contributed by atoms with Crippen molar-refractivity contribution in [2.24, 2.45) is 0 Å². The molecule has 0 aromatic heterocycles. The maximum Gasteiger partial charge on any atom is 0.231 e. The quantitative estimate of drug-likeness (QED) is 0.779. The molecule has 5 heteroatoms. The average Bonchev–Trinajstić information content (AvgIpc) is 3.02. The second kappa shape index (κ2) is 8.65. The van der Waals surface area contributed by atoms with E-state index in [1.165, 1.54) is 5.56 Å². The van der Waals surface area contributed by atoms with Gasteiger partial charge in [0.15, 0.2) is 11.5 Å². The van der Waals surface area contributed by atoms with Crippen LogP contribution in [0.2, 0.25) is 0 Å². The first kappa shape index (κ1) is 17.4. The van der Waals surface area contributed by atoms with Crippen LogP contribution in [0.3, 0.4) is 0 Å². The van der Waals surface area contributed by atoms with Crippen LogP contribution in [0.4, 0.5) is 0 Å². The zero-order chi connectivity index (χ0) is 15.2. The second-order valence-corrected chi connectivity index (χ2v) is 5.30.